The lowest BCUT2D eigenvalue weighted by Gasteiger charge is -2.15. The predicted octanol–water partition coefficient (Wildman–Crippen LogP) is 3.02. The summed E-state index contributed by atoms with van der Waals surface area (Å²) in [5, 5.41) is 6.87. The SMILES string of the molecule is CCCNCc1c(C)cc(C)nc1NCCC. The molecule has 0 bridgehead atoms. The lowest BCUT2D eigenvalue weighted by atomic mass is 10.1. The molecule has 0 saturated heterocycles. The van der Waals surface area contributed by atoms with Crippen molar-refractivity contribution in [2.75, 3.05) is 18.4 Å². The fourth-order valence-corrected chi connectivity index (χ4v) is 1.87. The smallest absolute Gasteiger partial charge is 0.131 e. The highest BCUT2D eigenvalue weighted by atomic mass is 15.0. The molecule has 0 aliphatic heterocycles. The van der Waals surface area contributed by atoms with Gasteiger partial charge in [0.25, 0.3) is 0 Å². The van der Waals surface area contributed by atoms with E-state index in [0.717, 1.165) is 44.0 Å². The molecule has 0 radical (unpaired) electrons. The van der Waals surface area contributed by atoms with Crippen LogP contribution in [0.3, 0.4) is 0 Å². The van der Waals surface area contributed by atoms with Crippen molar-refractivity contribution in [2.45, 2.75) is 47.1 Å². The van der Waals surface area contributed by atoms with Crippen LogP contribution in [0.1, 0.15) is 43.5 Å². The highest BCUT2D eigenvalue weighted by molar-refractivity contribution is 5.49. The minimum atomic E-state index is 0.902. The summed E-state index contributed by atoms with van der Waals surface area (Å²) in [6.45, 7) is 11.5. The Kier molecular flexibility index (Phi) is 5.98. The van der Waals surface area contributed by atoms with Gasteiger partial charge in [0.2, 0.25) is 0 Å². The Balaban J connectivity index is 2.82. The molecule has 0 fully saturated rings. The molecule has 0 aromatic carbocycles. The average Bonchev–Trinajstić information content (AvgIpc) is 2.29. The molecule has 1 rings (SSSR count). The zero-order valence-electron chi connectivity index (χ0n) is 11.6. The van der Waals surface area contributed by atoms with Crippen LogP contribution in [0.15, 0.2) is 6.07 Å². The topological polar surface area (TPSA) is 37.0 Å². The molecule has 1 aromatic heterocycles. The fourth-order valence-electron chi connectivity index (χ4n) is 1.87. The maximum atomic E-state index is 4.60. The van der Waals surface area contributed by atoms with Crippen molar-refractivity contribution in [3.63, 3.8) is 0 Å². The normalized spacial score (nSPS) is 10.6. The molecule has 1 aromatic rings. The number of hydrogen-bond donors (Lipinski definition) is 2. The third kappa shape index (κ3) is 4.35. The van der Waals surface area contributed by atoms with Crippen molar-refractivity contribution in [3.05, 3.63) is 22.9 Å². The van der Waals surface area contributed by atoms with Gasteiger partial charge in [-0.05, 0) is 44.9 Å². The van der Waals surface area contributed by atoms with Crippen LogP contribution in [-0.4, -0.2) is 18.1 Å². The van der Waals surface area contributed by atoms with Crippen LogP contribution in [0, 0.1) is 13.8 Å². The van der Waals surface area contributed by atoms with Crippen LogP contribution in [0.2, 0.25) is 0 Å². The van der Waals surface area contributed by atoms with E-state index in [1.165, 1.54) is 11.1 Å². The largest absolute Gasteiger partial charge is 0.370 e. The van der Waals surface area contributed by atoms with E-state index in [4.69, 9.17) is 0 Å². The lowest BCUT2D eigenvalue weighted by molar-refractivity contribution is 0.672. The quantitative estimate of drug-likeness (QED) is 0.713. The number of aryl methyl sites for hydroxylation is 2. The second-order valence-corrected chi connectivity index (χ2v) is 4.51. The maximum Gasteiger partial charge on any atom is 0.131 e. The molecule has 96 valence electrons. The Morgan fingerprint density at radius 2 is 1.82 bits per heavy atom. The summed E-state index contributed by atoms with van der Waals surface area (Å²) in [5.74, 6) is 1.05. The molecule has 1 heterocycles. The maximum absolute atomic E-state index is 4.60. The van der Waals surface area contributed by atoms with Crippen molar-refractivity contribution in [1.82, 2.24) is 10.3 Å². The third-order valence-electron chi connectivity index (χ3n) is 2.75. The van der Waals surface area contributed by atoms with E-state index < -0.39 is 0 Å². The molecule has 0 amide bonds. The van der Waals surface area contributed by atoms with E-state index in [1.807, 2.05) is 6.92 Å². The molecule has 17 heavy (non-hydrogen) atoms. The van der Waals surface area contributed by atoms with Crippen LogP contribution in [0.25, 0.3) is 0 Å². The minimum Gasteiger partial charge on any atom is -0.370 e. The second-order valence-electron chi connectivity index (χ2n) is 4.51. The Labute approximate surface area is 105 Å². The highest BCUT2D eigenvalue weighted by Crippen LogP contribution is 2.18. The van der Waals surface area contributed by atoms with Crippen LogP contribution < -0.4 is 10.6 Å². The number of rotatable bonds is 7. The minimum absolute atomic E-state index is 0.902. The standard InChI is InChI=1S/C14H25N3/c1-5-7-15-10-13-11(3)9-12(4)17-14(13)16-8-6-2/h9,15H,5-8,10H2,1-4H3,(H,16,17). The van der Waals surface area contributed by atoms with E-state index in [-0.39, 0.29) is 0 Å². The molecule has 3 nitrogen and oxygen atoms in total. The molecule has 0 aliphatic rings. The first-order chi connectivity index (χ1) is 8.19. The van der Waals surface area contributed by atoms with Gasteiger partial charge in [-0.2, -0.15) is 0 Å². The van der Waals surface area contributed by atoms with Crippen LogP contribution >= 0.6 is 0 Å². The number of pyridine rings is 1. The number of hydrogen-bond acceptors (Lipinski definition) is 3. The van der Waals surface area contributed by atoms with Crippen LogP contribution in [0.5, 0.6) is 0 Å². The summed E-state index contributed by atoms with van der Waals surface area (Å²) < 4.78 is 0. The van der Waals surface area contributed by atoms with Gasteiger partial charge < -0.3 is 10.6 Å². The molecule has 0 atom stereocenters. The van der Waals surface area contributed by atoms with Crippen molar-refractivity contribution in [3.8, 4) is 0 Å². The molecule has 0 saturated carbocycles. The summed E-state index contributed by atoms with van der Waals surface area (Å²) in [6, 6.07) is 2.15. The number of anilines is 1. The fraction of sp³-hybridized carbons (Fsp3) is 0.643. The summed E-state index contributed by atoms with van der Waals surface area (Å²) in [5.41, 5.74) is 3.71. The summed E-state index contributed by atoms with van der Waals surface area (Å²) in [4.78, 5) is 4.60. The van der Waals surface area contributed by atoms with E-state index in [2.05, 4.69) is 42.5 Å². The molecule has 0 unspecified atom stereocenters. The van der Waals surface area contributed by atoms with Gasteiger partial charge in [-0.25, -0.2) is 4.98 Å². The monoisotopic (exact) mass is 235 g/mol. The van der Waals surface area contributed by atoms with E-state index >= 15 is 0 Å². The highest BCUT2D eigenvalue weighted by Gasteiger charge is 2.07. The van der Waals surface area contributed by atoms with Gasteiger partial charge in [0, 0.05) is 24.3 Å². The van der Waals surface area contributed by atoms with Gasteiger partial charge in [-0.1, -0.05) is 13.8 Å². The number of nitrogens with one attached hydrogen (secondary N) is 2. The van der Waals surface area contributed by atoms with Crippen LogP contribution in [0.4, 0.5) is 5.82 Å². The Morgan fingerprint density at radius 1 is 1.12 bits per heavy atom. The zero-order valence-corrected chi connectivity index (χ0v) is 11.6. The Morgan fingerprint density at radius 3 is 2.47 bits per heavy atom. The van der Waals surface area contributed by atoms with Crippen molar-refractivity contribution >= 4 is 5.82 Å². The van der Waals surface area contributed by atoms with Gasteiger partial charge in [-0.15, -0.1) is 0 Å². The zero-order chi connectivity index (χ0) is 12.7. The van der Waals surface area contributed by atoms with Crippen LogP contribution in [-0.2, 0) is 6.54 Å². The summed E-state index contributed by atoms with van der Waals surface area (Å²) >= 11 is 0. The molecule has 0 aliphatic carbocycles. The molecule has 2 N–H and O–H groups in total. The van der Waals surface area contributed by atoms with Gasteiger partial charge in [0.15, 0.2) is 0 Å². The molecular weight excluding hydrogens is 210 g/mol. The number of aromatic nitrogens is 1. The van der Waals surface area contributed by atoms with E-state index in [1.54, 1.807) is 0 Å². The first-order valence-electron chi connectivity index (χ1n) is 6.60. The number of nitrogens with zero attached hydrogens (tertiary/aromatic N) is 1. The average molecular weight is 235 g/mol. The first kappa shape index (κ1) is 14.0. The van der Waals surface area contributed by atoms with Gasteiger partial charge >= 0.3 is 0 Å². The second kappa shape index (κ2) is 7.28. The van der Waals surface area contributed by atoms with Gasteiger partial charge in [-0.3, -0.25) is 0 Å². The van der Waals surface area contributed by atoms with Crippen molar-refractivity contribution < 1.29 is 0 Å². The van der Waals surface area contributed by atoms with Gasteiger partial charge in [0.1, 0.15) is 5.82 Å². The van der Waals surface area contributed by atoms with Gasteiger partial charge in [0.05, 0.1) is 0 Å². The van der Waals surface area contributed by atoms with E-state index in [0.29, 0.717) is 0 Å². The van der Waals surface area contributed by atoms with Crippen molar-refractivity contribution in [1.29, 1.82) is 0 Å². The predicted molar refractivity (Wildman–Crippen MR) is 74.5 cm³/mol. The molecule has 3 heteroatoms. The third-order valence-corrected chi connectivity index (χ3v) is 2.75. The van der Waals surface area contributed by atoms with Crippen molar-refractivity contribution in [2.24, 2.45) is 0 Å². The first-order valence-corrected chi connectivity index (χ1v) is 6.60. The molecular formula is C14H25N3. The Hall–Kier alpha value is -1.09. The summed E-state index contributed by atoms with van der Waals surface area (Å²) in [7, 11) is 0. The molecule has 0 spiro atoms. The summed E-state index contributed by atoms with van der Waals surface area (Å²) in [6.07, 6.45) is 2.28. The van der Waals surface area contributed by atoms with E-state index in [9.17, 15) is 0 Å². The Bertz CT molecular complexity index is 348. The lowest BCUT2D eigenvalue weighted by Crippen LogP contribution is -2.17.